The summed E-state index contributed by atoms with van der Waals surface area (Å²) in [6.07, 6.45) is 0. The van der Waals surface area contributed by atoms with E-state index in [4.69, 9.17) is 5.26 Å². The number of hydrogen-bond donors (Lipinski definition) is 1. The fourth-order valence-corrected chi connectivity index (χ4v) is 4.11. The normalized spacial score (nSPS) is 10.1. The summed E-state index contributed by atoms with van der Waals surface area (Å²) in [4.78, 5) is 11.9. The molecule has 1 aromatic heterocycles. The van der Waals surface area contributed by atoms with E-state index in [-0.39, 0.29) is 11.7 Å². The molecule has 0 aliphatic rings. The highest BCUT2D eigenvalue weighted by Crippen LogP contribution is 2.29. The molecule has 23 heavy (non-hydrogen) atoms. The first-order chi connectivity index (χ1) is 11.1. The molecule has 2 aromatic rings. The van der Waals surface area contributed by atoms with Gasteiger partial charge in [0, 0.05) is 11.4 Å². The third kappa shape index (κ3) is 6.06. The third-order valence-corrected chi connectivity index (χ3v) is 5.87. The predicted octanol–water partition coefficient (Wildman–Crippen LogP) is 3.81. The van der Waals surface area contributed by atoms with Crippen LogP contribution in [0.15, 0.2) is 45.1 Å². The van der Waals surface area contributed by atoms with Crippen molar-refractivity contribution in [3.8, 4) is 6.07 Å². The van der Waals surface area contributed by atoms with Crippen molar-refractivity contribution in [2.45, 2.75) is 15.6 Å². The molecule has 1 amide bonds. The lowest BCUT2D eigenvalue weighted by atomic mass is 10.2. The van der Waals surface area contributed by atoms with Gasteiger partial charge in [-0.1, -0.05) is 47.0 Å². The van der Waals surface area contributed by atoms with Crippen LogP contribution in [0.1, 0.15) is 12.5 Å². The number of anilines is 1. The van der Waals surface area contributed by atoms with Gasteiger partial charge < -0.3 is 5.32 Å². The number of carbonyl (C=O) groups is 1. The van der Waals surface area contributed by atoms with Crippen LogP contribution in [-0.4, -0.2) is 27.6 Å². The largest absolute Gasteiger partial charge is 0.325 e. The smallest absolute Gasteiger partial charge is 0.234 e. The second-order valence-corrected chi connectivity index (χ2v) is 8.03. The number of hydrogen-bond acceptors (Lipinski definition) is 7. The minimum Gasteiger partial charge on any atom is -0.325 e. The van der Waals surface area contributed by atoms with Crippen LogP contribution >= 0.6 is 34.9 Å². The lowest BCUT2D eigenvalue weighted by Gasteiger charge is -2.03. The highest BCUT2D eigenvalue weighted by molar-refractivity contribution is 8.03. The molecule has 2 rings (SSSR count). The zero-order valence-electron chi connectivity index (χ0n) is 12.4. The Bertz CT molecular complexity index is 734. The van der Waals surface area contributed by atoms with Gasteiger partial charge in [0.1, 0.15) is 0 Å². The average Bonchev–Trinajstić information content (AvgIpc) is 3.00. The number of thioether (sulfide) groups is 2. The van der Waals surface area contributed by atoms with Crippen molar-refractivity contribution in [2.75, 3.05) is 16.8 Å². The first kappa shape index (κ1) is 17.5. The summed E-state index contributed by atoms with van der Waals surface area (Å²) >= 11 is 4.42. The number of rotatable bonds is 7. The first-order valence-corrected chi connectivity index (χ1v) is 9.39. The minimum atomic E-state index is -0.119. The predicted molar refractivity (Wildman–Crippen MR) is 96.0 cm³/mol. The summed E-state index contributed by atoms with van der Waals surface area (Å²) in [5.41, 5.74) is 2.32. The van der Waals surface area contributed by atoms with E-state index in [1.165, 1.54) is 23.1 Å². The molecule has 0 spiro atoms. The lowest BCUT2D eigenvalue weighted by molar-refractivity contribution is -0.113. The van der Waals surface area contributed by atoms with Gasteiger partial charge in [-0.05, 0) is 31.2 Å². The van der Waals surface area contributed by atoms with Crippen molar-refractivity contribution in [1.82, 2.24) is 10.2 Å². The second kappa shape index (κ2) is 8.72. The molecule has 0 aliphatic heterocycles. The van der Waals surface area contributed by atoms with Gasteiger partial charge in [-0.25, -0.2) is 0 Å². The zero-order chi connectivity index (χ0) is 16.7. The van der Waals surface area contributed by atoms with Gasteiger partial charge in [0.15, 0.2) is 8.68 Å². The van der Waals surface area contributed by atoms with Crippen molar-refractivity contribution in [3.63, 3.8) is 0 Å². The monoisotopic (exact) mass is 362 g/mol. The van der Waals surface area contributed by atoms with Crippen LogP contribution in [0.3, 0.4) is 0 Å². The molecule has 1 N–H and O–H groups in total. The van der Waals surface area contributed by atoms with Crippen LogP contribution in [0.2, 0.25) is 0 Å². The van der Waals surface area contributed by atoms with Crippen LogP contribution in [-0.2, 0) is 4.79 Å². The third-order valence-electron chi connectivity index (χ3n) is 2.45. The highest BCUT2D eigenvalue weighted by atomic mass is 32.2. The van der Waals surface area contributed by atoms with E-state index in [9.17, 15) is 4.79 Å². The van der Waals surface area contributed by atoms with E-state index >= 15 is 0 Å². The van der Waals surface area contributed by atoms with Crippen molar-refractivity contribution < 1.29 is 4.79 Å². The average molecular weight is 363 g/mol. The highest BCUT2D eigenvalue weighted by Gasteiger charge is 2.09. The molecular weight excluding hydrogens is 348 g/mol. The van der Waals surface area contributed by atoms with E-state index in [1.54, 1.807) is 36.0 Å². The van der Waals surface area contributed by atoms with Gasteiger partial charge in [0.25, 0.3) is 0 Å². The summed E-state index contributed by atoms with van der Waals surface area (Å²) < 4.78 is 1.65. The van der Waals surface area contributed by atoms with Crippen LogP contribution in [0, 0.1) is 11.3 Å². The Morgan fingerprint density at radius 3 is 2.43 bits per heavy atom. The SMILES string of the molecule is C=C(C)CSc1nnc(SCC(=O)Nc2ccc(C#N)cc2)s1. The standard InChI is InChI=1S/C15H14N4OS3/c1-10(2)8-21-14-18-19-15(23-14)22-9-13(20)17-12-5-3-11(7-16)4-6-12/h3-6H,1,8-9H2,2H3,(H,17,20). The van der Waals surface area contributed by atoms with Crippen molar-refractivity contribution in [1.29, 1.82) is 5.26 Å². The molecule has 0 saturated carbocycles. The molecule has 0 aliphatic carbocycles. The summed E-state index contributed by atoms with van der Waals surface area (Å²) in [6, 6.07) is 8.78. The summed E-state index contributed by atoms with van der Waals surface area (Å²) in [5, 5.41) is 19.7. The molecule has 8 heteroatoms. The molecule has 1 aromatic carbocycles. The van der Waals surface area contributed by atoms with Gasteiger partial charge in [0.05, 0.1) is 17.4 Å². The van der Waals surface area contributed by atoms with Crippen LogP contribution in [0.5, 0.6) is 0 Å². The van der Waals surface area contributed by atoms with Gasteiger partial charge in [-0.2, -0.15) is 5.26 Å². The van der Waals surface area contributed by atoms with E-state index in [0.29, 0.717) is 11.3 Å². The van der Waals surface area contributed by atoms with Crippen molar-refractivity contribution in [3.05, 3.63) is 42.0 Å². The molecular formula is C15H14N4OS3. The molecule has 1 heterocycles. The molecule has 0 unspecified atom stereocenters. The van der Waals surface area contributed by atoms with Gasteiger partial charge >= 0.3 is 0 Å². The summed E-state index contributed by atoms with van der Waals surface area (Å²) in [5.74, 6) is 0.962. The molecule has 5 nitrogen and oxygen atoms in total. The fraction of sp³-hybridized carbons (Fsp3) is 0.200. The number of nitrogens with zero attached hydrogens (tertiary/aromatic N) is 3. The maximum atomic E-state index is 11.9. The van der Waals surface area contributed by atoms with Crippen LogP contribution < -0.4 is 5.32 Å². The maximum Gasteiger partial charge on any atom is 0.234 e. The Kier molecular flexibility index (Phi) is 6.65. The van der Waals surface area contributed by atoms with Gasteiger partial charge in [-0.15, -0.1) is 10.2 Å². The molecule has 0 saturated heterocycles. The van der Waals surface area contributed by atoms with E-state index in [1.807, 2.05) is 13.0 Å². The zero-order valence-corrected chi connectivity index (χ0v) is 14.9. The summed E-state index contributed by atoms with van der Waals surface area (Å²) in [6.45, 7) is 5.82. The Morgan fingerprint density at radius 2 is 1.87 bits per heavy atom. The second-order valence-electron chi connectivity index (χ2n) is 4.61. The topological polar surface area (TPSA) is 78.7 Å². The number of nitrogens with one attached hydrogen (secondary N) is 1. The number of aromatic nitrogens is 2. The Hall–Kier alpha value is -1.82. The van der Waals surface area contributed by atoms with Crippen LogP contribution in [0.4, 0.5) is 5.69 Å². The molecule has 0 radical (unpaired) electrons. The molecule has 118 valence electrons. The maximum absolute atomic E-state index is 11.9. The molecule has 0 atom stereocenters. The van der Waals surface area contributed by atoms with Crippen molar-refractivity contribution in [2.24, 2.45) is 0 Å². The van der Waals surface area contributed by atoms with E-state index < -0.39 is 0 Å². The fourth-order valence-electron chi connectivity index (χ4n) is 1.45. The van der Waals surface area contributed by atoms with Crippen LogP contribution in [0.25, 0.3) is 0 Å². The van der Waals surface area contributed by atoms with Crippen molar-refractivity contribution >= 4 is 46.5 Å². The quantitative estimate of drug-likeness (QED) is 0.596. The Morgan fingerprint density at radius 1 is 1.26 bits per heavy atom. The van der Waals surface area contributed by atoms with E-state index in [0.717, 1.165) is 20.0 Å². The number of amides is 1. The number of nitriles is 1. The first-order valence-electron chi connectivity index (χ1n) is 6.60. The lowest BCUT2D eigenvalue weighted by Crippen LogP contribution is -2.13. The summed E-state index contributed by atoms with van der Waals surface area (Å²) in [7, 11) is 0. The Labute approximate surface area is 147 Å². The minimum absolute atomic E-state index is 0.119. The number of carbonyl (C=O) groups excluding carboxylic acids is 1. The van der Waals surface area contributed by atoms with Gasteiger partial charge in [0.2, 0.25) is 5.91 Å². The van der Waals surface area contributed by atoms with Gasteiger partial charge in [-0.3, -0.25) is 4.79 Å². The number of benzene rings is 1. The molecule has 0 bridgehead atoms. The molecule has 0 fully saturated rings. The Balaban J connectivity index is 1.79. The van der Waals surface area contributed by atoms with E-state index in [2.05, 4.69) is 22.1 Å².